The number of methoxy groups -OCH3 is 1. The lowest BCUT2D eigenvalue weighted by atomic mass is 9.87. The van der Waals surface area contributed by atoms with Crippen molar-refractivity contribution in [3.63, 3.8) is 0 Å². The van der Waals surface area contributed by atoms with Gasteiger partial charge in [-0.15, -0.1) is 0 Å². The quantitative estimate of drug-likeness (QED) is 0.790. The van der Waals surface area contributed by atoms with E-state index in [9.17, 15) is 9.90 Å². The van der Waals surface area contributed by atoms with E-state index in [4.69, 9.17) is 4.74 Å². The number of piperidine rings is 1. The average Bonchev–Trinajstić information content (AvgIpc) is 2.70. The third-order valence-corrected chi connectivity index (χ3v) is 5.45. The molecular formula is C24H29NO3. The lowest BCUT2D eigenvalue weighted by Gasteiger charge is -2.34. The molecule has 4 heteroatoms. The molecule has 28 heavy (non-hydrogen) atoms. The predicted octanol–water partition coefficient (Wildman–Crippen LogP) is 4.70. The summed E-state index contributed by atoms with van der Waals surface area (Å²) in [5.74, 6) is 0.135. The van der Waals surface area contributed by atoms with E-state index in [1.165, 1.54) is 16.7 Å². The van der Waals surface area contributed by atoms with Crippen molar-refractivity contribution < 1.29 is 14.6 Å². The fraction of sp³-hybridized carbons (Fsp3) is 0.375. The van der Waals surface area contributed by atoms with Crippen LogP contribution in [0, 0.1) is 5.41 Å². The van der Waals surface area contributed by atoms with Gasteiger partial charge in [0.1, 0.15) is 5.75 Å². The van der Waals surface area contributed by atoms with Crippen LogP contribution < -0.4 is 4.74 Å². The molecule has 148 valence electrons. The number of carbonyl (C=O) groups is 1. The first-order valence-electron chi connectivity index (χ1n) is 9.79. The standard InChI is InChI=1S/C24H29NO3/c1-24(2,23(26)27)17-25-15-13-19(14-16-25)22(18-9-5-4-6-10-18)20-11-7-8-12-21(20)28-3/h4-12H,13-17H2,1-3H3,(H,26,27). The Morgan fingerprint density at radius 1 is 1.04 bits per heavy atom. The van der Waals surface area contributed by atoms with E-state index in [-0.39, 0.29) is 0 Å². The van der Waals surface area contributed by atoms with Crippen molar-refractivity contribution >= 4 is 11.5 Å². The Labute approximate surface area is 167 Å². The number of para-hydroxylation sites is 1. The van der Waals surface area contributed by atoms with Crippen molar-refractivity contribution in [1.29, 1.82) is 0 Å². The number of rotatable bonds is 6. The Morgan fingerprint density at radius 3 is 2.25 bits per heavy atom. The maximum Gasteiger partial charge on any atom is 0.310 e. The molecule has 0 radical (unpaired) electrons. The number of likely N-dealkylation sites (tertiary alicyclic amines) is 1. The van der Waals surface area contributed by atoms with Gasteiger partial charge in [0.05, 0.1) is 12.5 Å². The van der Waals surface area contributed by atoms with Crippen LogP contribution in [0.5, 0.6) is 5.75 Å². The van der Waals surface area contributed by atoms with E-state index in [2.05, 4.69) is 35.2 Å². The molecule has 0 saturated carbocycles. The molecule has 2 aromatic carbocycles. The molecule has 0 aliphatic carbocycles. The maximum atomic E-state index is 11.5. The van der Waals surface area contributed by atoms with Crippen molar-refractivity contribution in [1.82, 2.24) is 4.90 Å². The van der Waals surface area contributed by atoms with E-state index in [1.807, 2.05) is 24.3 Å². The second kappa shape index (κ2) is 8.61. The van der Waals surface area contributed by atoms with Crippen LogP contribution in [0.2, 0.25) is 0 Å². The number of hydrogen-bond acceptors (Lipinski definition) is 3. The number of carboxylic acid groups (broad SMARTS) is 1. The molecule has 3 rings (SSSR count). The van der Waals surface area contributed by atoms with E-state index in [1.54, 1.807) is 21.0 Å². The molecular weight excluding hydrogens is 350 g/mol. The molecule has 1 aliphatic heterocycles. The van der Waals surface area contributed by atoms with Crippen LogP contribution in [0.1, 0.15) is 37.8 Å². The summed E-state index contributed by atoms with van der Waals surface area (Å²) in [6, 6.07) is 18.6. The Kier molecular flexibility index (Phi) is 6.20. The van der Waals surface area contributed by atoms with E-state index in [0.29, 0.717) is 6.54 Å². The zero-order valence-corrected chi connectivity index (χ0v) is 16.9. The smallest absolute Gasteiger partial charge is 0.310 e. The first kappa shape index (κ1) is 20.2. The monoisotopic (exact) mass is 379 g/mol. The molecule has 1 saturated heterocycles. The van der Waals surface area contributed by atoms with Crippen molar-refractivity contribution in [2.45, 2.75) is 26.7 Å². The second-order valence-electron chi connectivity index (χ2n) is 8.01. The van der Waals surface area contributed by atoms with E-state index < -0.39 is 11.4 Å². The zero-order chi connectivity index (χ0) is 20.1. The highest BCUT2D eigenvalue weighted by molar-refractivity contribution is 5.85. The molecule has 2 aromatic rings. The number of hydrogen-bond donors (Lipinski definition) is 1. The zero-order valence-electron chi connectivity index (χ0n) is 16.9. The van der Waals surface area contributed by atoms with Crippen molar-refractivity contribution in [2.24, 2.45) is 5.41 Å². The molecule has 1 aliphatic rings. The Bertz CT molecular complexity index is 845. The highest BCUT2D eigenvalue weighted by Crippen LogP contribution is 2.37. The number of aliphatic carboxylic acids is 1. The summed E-state index contributed by atoms with van der Waals surface area (Å²) in [5, 5.41) is 9.42. The fourth-order valence-corrected chi connectivity index (χ4v) is 3.86. The highest BCUT2D eigenvalue weighted by atomic mass is 16.5. The van der Waals surface area contributed by atoms with Gasteiger partial charge in [0.15, 0.2) is 0 Å². The SMILES string of the molecule is COc1ccccc1C(=C1CCN(CC(C)(C)C(=O)O)CC1)c1ccccc1. The summed E-state index contributed by atoms with van der Waals surface area (Å²) >= 11 is 0. The third kappa shape index (κ3) is 4.45. The van der Waals surface area contributed by atoms with Crippen molar-refractivity contribution in [2.75, 3.05) is 26.7 Å². The van der Waals surface area contributed by atoms with Gasteiger partial charge in [0, 0.05) is 25.2 Å². The minimum Gasteiger partial charge on any atom is -0.496 e. The summed E-state index contributed by atoms with van der Waals surface area (Å²) in [6.07, 6.45) is 1.86. The van der Waals surface area contributed by atoms with Crippen LogP contribution >= 0.6 is 0 Å². The van der Waals surface area contributed by atoms with Crippen LogP contribution in [0.15, 0.2) is 60.2 Å². The molecule has 1 N–H and O–H groups in total. The second-order valence-corrected chi connectivity index (χ2v) is 8.01. The molecule has 0 bridgehead atoms. The lowest BCUT2D eigenvalue weighted by Crippen LogP contribution is -2.42. The highest BCUT2D eigenvalue weighted by Gasteiger charge is 2.31. The summed E-state index contributed by atoms with van der Waals surface area (Å²) < 4.78 is 5.64. The molecule has 0 atom stereocenters. The minimum absolute atomic E-state index is 0.574. The normalized spacial score (nSPS) is 15.3. The number of nitrogens with zero attached hydrogens (tertiary/aromatic N) is 1. The van der Waals surface area contributed by atoms with Crippen molar-refractivity contribution in [3.8, 4) is 5.75 Å². The number of carboxylic acids is 1. The molecule has 0 amide bonds. The molecule has 0 aromatic heterocycles. The lowest BCUT2D eigenvalue weighted by molar-refractivity contribution is -0.148. The number of benzene rings is 2. The maximum absolute atomic E-state index is 11.5. The summed E-state index contributed by atoms with van der Waals surface area (Å²) in [5.41, 5.74) is 4.23. The van der Waals surface area contributed by atoms with Crippen LogP contribution in [0.25, 0.3) is 5.57 Å². The largest absolute Gasteiger partial charge is 0.496 e. The molecule has 0 unspecified atom stereocenters. The van der Waals surface area contributed by atoms with Gasteiger partial charge in [-0.05, 0) is 43.9 Å². The van der Waals surface area contributed by atoms with Gasteiger partial charge in [0.2, 0.25) is 0 Å². The van der Waals surface area contributed by atoms with Gasteiger partial charge in [-0.2, -0.15) is 0 Å². The Balaban J connectivity index is 1.92. The van der Waals surface area contributed by atoms with Crippen LogP contribution in [0.4, 0.5) is 0 Å². The van der Waals surface area contributed by atoms with Crippen LogP contribution in [0.3, 0.4) is 0 Å². The molecule has 4 nitrogen and oxygen atoms in total. The first-order valence-corrected chi connectivity index (χ1v) is 9.79. The fourth-order valence-electron chi connectivity index (χ4n) is 3.86. The Morgan fingerprint density at radius 2 is 1.64 bits per heavy atom. The van der Waals surface area contributed by atoms with E-state index >= 15 is 0 Å². The van der Waals surface area contributed by atoms with Crippen LogP contribution in [-0.2, 0) is 4.79 Å². The third-order valence-electron chi connectivity index (χ3n) is 5.45. The number of ether oxygens (including phenoxy) is 1. The summed E-state index contributed by atoms with van der Waals surface area (Å²) in [7, 11) is 1.71. The minimum atomic E-state index is -0.743. The molecule has 1 heterocycles. The van der Waals surface area contributed by atoms with E-state index in [0.717, 1.165) is 37.2 Å². The Hall–Kier alpha value is -2.59. The van der Waals surface area contributed by atoms with Gasteiger partial charge in [-0.1, -0.05) is 54.1 Å². The van der Waals surface area contributed by atoms with Gasteiger partial charge in [-0.3, -0.25) is 4.79 Å². The van der Waals surface area contributed by atoms with Gasteiger partial charge < -0.3 is 14.7 Å². The van der Waals surface area contributed by atoms with Gasteiger partial charge in [-0.25, -0.2) is 0 Å². The van der Waals surface area contributed by atoms with Gasteiger partial charge in [0.25, 0.3) is 0 Å². The first-order chi connectivity index (χ1) is 13.4. The average molecular weight is 380 g/mol. The topological polar surface area (TPSA) is 49.8 Å². The van der Waals surface area contributed by atoms with Crippen LogP contribution in [-0.4, -0.2) is 42.7 Å². The summed E-state index contributed by atoms with van der Waals surface area (Å²) in [6.45, 7) is 5.91. The summed E-state index contributed by atoms with van der Waals surface area (Å²) in [4.78, 5) is 13.7. The molecule has 0 spiro atoms. The molecule has 1 fully saturated rings. The predicted molar refractivity (Wildman–Crippen MR) is 113 cm³/mol. The van der Waals surface area contributed by atoms with Crippen molar-refractivity contribution in [3.05, 3.63) is 71.3 Å². The van der Waals surface area contributed by atoms with Gasteiger partial charge >= 0.3 is 5.97 Å².